The van der Waals surface area contributed by atoms with Gasteiger partial charge in [0.25, 0.3) is 0 Å². The summed E-state index contributed by atoms with van der Waals surface area (Å²) in [5.74, 6) is 1.42. The Balaban J connectivity index is 1.93. The molecule has 0 saturated heterocycles. The average molecular weight is 299 g/mol. The van der Waals surface area contributed by atoms with Gasteiger partial charge in [-0.25, -0.2) is 4.98 Å². The maximum Gasteiger partial charge on any atom is 0.201 e. The minimum atomic E-state index is 0.289. The topological polar surface area (TPSA) is 53.1 Å². The van der Waals surface area contributed by atoms with Gasteiger partial charge in [0.15, 0.2) is 0 Å². The summed E-state index contributed by atoms with van der Waals surface area (Å²) in [4.78, 5) is 5.99. The van der Waals surface area contributed by atoms with Crippen LogP contribution in [0.25, 0.3) is 11.0 Å². The first-order chi connectivity index (χ1) is 10.3. The van der Waals surface area contributed by atoms with Crippen molar-refractivity contribution in [1.29, 1.82) is 0 Å². The van der Waals surface area contributed by atoms with Crippen LogP contribution >= 0.6 is 11.3 Å². The van der Waals surface area contributed by atoms with Crippen LogP contribution in [0.5, 0.6) is 5.75 Å². The first kappa shape index (κ1) is 12.7. The number of nitrogen functional groups attached to an aromatic ring is 1. The lowest BCUT2D eigenvalue weighted by Gasteiger charge is -2.25. The van der Waals surface area contributed by atoms with Crippen molar-refractivity contribution in [1.82, 2.24) is 9.55 Å². The molecular formula is C16H17N3OS. The van der Waals surface area contributed by atoms with E-state index in [4.69, 9.17) is 10.5 Å². The third-order valence-electron chi connectivity index (χ3n) is 4.26. The summed E-state index contributed by atoms with van der Waals surface area (Å²) in [6, 6.07) is 8.44. The molecule has 0 amide bonds. The van der Waals surface area contributed by atoms with Crippen LogP contribution in [-0.4, -0.2) is 16.7 Å². The highest BCUT2D eigenvalue weighted by Gasteiger charge is 2.26. The number of benzene rings is 1. The van der Waals surface area contributed by atoms with Gasteiger partial charge >= 0.3 is 0 Å². The van der Waals surface area contributed by atoms with E-state index in [0.29, 0.717) is 5.95 Å². The molecule has 1 atom stereocenters. The molecule has 2 aromatic heterocycles. The van der Waals surface area contributed by atoms with Gasteiger partial charge < -0.3 is 15.0 Å². The molecule has 108 valence electrons. The largest absolute Gasteiger partial charge is 0.497 e. The number of ether oxygens (including phenoxy) is 1. The number of rotatable bonds is 2. The van der Waals surface area contributed by atoms with Crippen LogP contribution in [0.15, 0.2) is 29.6 Å². The van der Waals surface area contributed by atoms with Crippen molar-refractivity contribution < 1.29 is 4.74 Å². The van der Waals surface area contributed by atoms with Crippen LogP contribution in [0.3, 0.4) is 0 Å². The zero-order valence-electron chi connectivity index (χ0n) is 11.9. The van der Waals surface area contributed by atoms with E-state index in [1.54, 1.807) is 7.11 Å². The molecule has 2 heterocycles. The molecule has 0 fully saturated rings. The molecule has 0 saturated carbocycles. The van der Waals surface area contributed by atoms with Crippen molar-refractivity contribution in [3.05, 3.63) is 40.1 Å². The number of fused-ring (bicyclic) bond motifs is 2. The Hall–Kier alpha value is -2.01. The normalized spacial score (nSPS) is 17.9. The van der Waals surface area contributed by atoms with E-state index in [9.17, 15) is 0 Å². The minimum Gasteiger partial charge on any atom is -0.497 e. The van der Waals surface area contributed by atoms with Crippen LogP contribution in [0, 0.1) is 0 Å². The predicted molar refractivity (Wildman–Crippen MR) is 86.1 cm³/mol. The van der Waals surface area contributed by atoms with Crippen molar-refractivity contribution in [2.24, 2.45) is 0 Å². The van der Waals surface area contributed by atoms with Gasteiger partial charge in [0.05, 0.1) is 24.2 Å². The molecule has 3 aromatic rings. The molecule has 1 aromatic carbocycles. The Bertz CT molecular complexity index is 805. The summed E-state index contributed by atoms with van der Waals surface area (Å²) in [6.45, 7) is 0. The Kier molecular flexibility index (Phi) is 2.89. The third-order valence-corrected chi connectivity index (χ3v) is 5.25. The van der Waals surface area contributed by atoms with Gasteiger partial charge in [0.1, 0.15) is 5.75 Å². The zero-order chi connectivity index (χ0) is 14.4. The number of thiophene rings is 1. The first-order valence-electron chi connectivity index (χ1n) is 7.15. The van der Waals surface area contributed by atoms with Crippen molar-refractivity contribution >= 4 is 28.3 Å². The van der Waals surface area contributed by atoms with Crippen molar-refractivity contribution in [3.8, 4) is 5.75 Å². The van der Waals surface area contributed by atoms with Gasteiger partial charge in [0.2, 0.25) is 5.95 Å². The van der Waals surface area contributed by atoms with E-state index >= 15 is 0 Å². The number of nitrogens with two attached hydrogens (primary N) is 1. The Morgan fingerprint density at radius 2 is 2.29 bits per heavy atom. The van der Waals surface area contributed by atoms with E-state index in [1.165, 1.54) is 23.3 Å². The maximum absolute atomic E-state index is 6.22. The summed E-state index contributed by atoms with van der Waals surface area (Å²) < 4.78 is 7.52. The Morgan fingerprint density at radius 3 is 3.14 bits per heavy atom. The fraction of sp³-hybridized carbons (Fsp3) is 0.312. The number of hydrogen-bond donors (Lipinski definition) is 1. The van der Waals surface area contributed by atoms with Gasteiger partial charge in [-0.2, -0.15) is 0 Å². The SMILES string of the molecule is COc1ccc2nc(N)n(C3CCCc4sccc43)c2c1. The molecule has 1 aliphatic rings. The second-order valence-electron chi connectivity index (χ2n) is 5.40. The van der Waals surface area contributed by atoms with E-state index in [-0.39, 0.29) is 6.04 Å². The van der Waals surface area contributed by atoms with Crippen LogP contribution in [0.4, 0.5) is 5.95 Å². The van der Waals surface area contributed by atoms with Crippen molar-refractivity contribution in [2.75, 3.05) is 12.8 Å². The summed E-state index contributed by atoms with van der Waals surface area (Å²) in [6.07, 6.45) is 3.48. The molecule has 0 aliphatic heterocycles. The first-order valence-corrected chi connectivity index (χ1v) is 8.03. The molecule has 0 radical (unpaired) electrons. The number of imidazole rings is 1. The lowest BCUT2D eigenvalue weighted by atomic mass is 9.93. The standard InChI is InChI=1S/C16H17N3OS/c1-20-10-5-6-12-14(9-10)19(16(17)18-12)13-3-2-4-15-11(13)7-8-21-15/h5-9,13H,2-4H2,1H3,(H2,17,18). The molecule has 5 heteroatoms. The predicted octanol–water partition coefficient (Wildman–Crippen LogP) is 3.61. The van der Waals surface area contributed by atoms with Crippen LogP contribution in [0.1, 0.15) is 29.3 Å². The number of aryl methyl sites for hydroxylation is 1. The Morgan fingerprint density at radius 1 is 1.38 bits per heavy atom. The molecule has 4 nitrogen and oxygen atoms in total. The lowest BCUT2D eigenvalue weighted by molar-refractivity contribution is 0.415. The number of methoxy groups -OCH3 is 1. The maximum atomic E-state index is 6.22. The molecule has 1 unspecified atom stereocenters. The quantitative estimate of drug-likeness (QED) is 0.786. The summed E-state index contributed by atoms with van der Waals surface area (Å²) in [7, 11) is 1.68. The summed E-state index contributed by atoms with van der Waals surface area (Å²) in [5.41, 5.74) is 9.60. The molecule has 21 heavy (non-hydrogen) atoms. The third kappa shape index (κ3) is 1.92. The molecular weight excluding hydrogens is 282 g/mol. The molecule has 2 N–H and O–H groups in total. The van der Waals surface area contributed by atoms with Gasteiger partial charge in [-0.1, -0.05) is 0 Å². The van der Waals surface area contributed by atoms with E-state index in [0.717, 1.165) is 23.2 Å². The summed E-state index contributed by atoms with van der Waals surface area (Å²) in [5, 5.41) is 2.18. The average Bonchev–Trinajstić information content (AvgIpc) is 3.09. The highest BCUT2D eigenvalue weighted by molar-refractivity contribution is 7.10. The number of nitrogens with zero attached hydrogens (tertiary/aromatic N) is 2. The lowest BCUT2D eigenvalue weighted by Crippen LogP contribution is -2.17. The van der Waals surface area contributed by atoms with Crippen molar-refractivity contribution in [2.45, 2.75) is 25.3 Å². The number of anilines is 1. The Labute approximate surface area is 127 Å². The fourth-order valence-corrected chi connectivity index (χ4v) is 4.26. The van der Waals surface area contributed by atoms with E-state index < -0.39 is 0 Å². The highest BCUT2D eigenvalue weighted by Crippen LogP contribution is 2.39. The molecule has 4 rings (SSSR count). The van der Waals surface area contributed by atoms with E-state index in [1.807, 2.05) is 29.5 Å². The minimum absolute atomic E-state index is 0.289. The zero-order valence-corrected chi connectivity index (χ0v) is 12.7. The molecule has 0 spiro atoms. The number of aromatic nitrogens is 2. The molecule has 1 aliphatic carbocycles. The number of hydrogen-bond acceptors (Lipinski definition) is 4. The molecule has 0 bridgehead atoms. The second kappa shape index (κ2) is 4.77. The van der Waals surface area contributed by atoms with Crippen LogP contribution < -0.4 is 10.5 Å². The van der Waals surface area contributed by atoms with E-state index in [2.05, 4.69) is 21.0 Å². The van der Waals surface area contributed by atoms with Gasteiger partial charge in [-0.3, -0.25) is 0 Å². The van der Waals surface area contributed by atoms with Crippen LogP contribution in [0.2, 0.25) is 0 Å². The van der Waals surface area contributed by atoms with Gasteiger partial charge in [0, 0.05) is 10.9 Å². The van der Waals surface area contributed by atoms with Crippen LogP contribution in [-0.2, 0) is 6.42 Å². The van der Waals surface area contributed by atoms with Gasteiger partial charge in [-0.05, 0) is 48.4 Å². The second-order valence-corrected chi connectivity index (χ2v) is 6.40. The van der Waals surface area contributed by atoms with Crippen molar-refractivity contribution in [3.63, 3.8) is 0 Å². The smallest absolute Gasteiger partial charge is 0.201 e. The highest BCUT2D eigenvalue weighted by atomic mass is 32.1. The fourth-order valence-electron chi connectivity index (χ4n) is 3.28. The summed E-state index contributed by atoms with van der Waals surface area (Å²) >= 11 is 1.85. The monoisotopic (exact) mass is 299 g/mol. The van der Waals surface area contributed by atoms with Gasteiger partial charge in [-0.15, -0.1) is 11.3 Å².